The monoisotopic (exact) mass is 439 g/mol. The number of benzene rings is 1. The summed E-state index contributed by atoms with van der Waals surface area (Å²) in [5, 5.41) is 6.42. The van der Waals surface area contributed by atoms with Gasteiger partial charge in [0, 0.05) is 18.5 Å². The van der Waals surface area contributed by atoms with Gasteiger partial charge in [-0.15, -0.1) is 0 Å². The maximum atomic E-state index is 12.4. The Labute approximate surface area is 173 Å². The van der Waals surface area contributed by atoms with Crippen molar-refractivity contribution in [2.45, 2.75) is 32.7 Å². The van der Waals surface area contributed by atoms with Crippen LogP contribution in [0.2, 0.25) is 20.1 Å². The Morgan fingerprint density at radius 2 is 1.81 bits per heavy atom. The van der Waals surface area contributed by atoms with Crippen molar-refractivity contribution in [1.29, 1.82) is 0 Å². The number of rotatable bonds is 5. The summed E-state index contributed by atoms with van der Waals surface area (Å²) in [6, 6.07) is 1.47. The van der Waals surface area contributed by atoms with Crippen molar-refractivity contribution in [2.24, 2.45) is 5.92 Å². The van der Waals surface area contributed by atoms with Crippen LogP contribution >= 0.6 is 46.4 Å². The minimum absolute atomic E-state index is 0.0217. The Hall–Kier alpha value is -0.720. The van der Waals surface area contributed by atoms with Gasteiger partial charge in [-0.05, 0) is 25.5 Å². The highest BCUT2D eigenvalue weighted by Crippen LogP contribution is 2.40. The van der Waals surface area contributed by atoms with Crippen LogP contribution in [0.4, 0.5) is 5.69 Å². The maximum Gasteiger partial charge on any atom is 0.238 e. The van der Waals surface area contributed by atoms with Crippen LogP contribution < -0.4 is 10.6 Å². The molecule has 2 amide bonds. The second kappa shape index (κ2) is 9.47. The van der Waals surface area contributed by atoms with Gasteiger partial charge in [0.1, 0.15) is 0 Å². The predicted octanol–water partition coefficient (Wildman–Crippen LogP) is 4.48. The van der Waals surface area contributed by atoms with E-state index in [9.17, 15) is 9.59 Å². The molecular formula is C17H21Cl4N3O2. The first-order chi connectivity index (χ1) is 12.2. The molecule has 9 heteroatoms. The van der Waals surface area contributed by atoms with Crippen LogP contribution in [-0.4, -0.2) is 42.4 Å². The molecule has 0 bridgehead atoms. The topological polar surface area (TPSA) is 61.4 Å². The molecule has 5 nitrogen and oxygen atoms in total. The van der Waals surface area contributed by atoms with Crippen LogP contribution in [0.3, 0.4) is 0 Å². The van der Waals surface area contributed by atoms with Crippen molar-refractivity contribution in [1.82, 2.24) is 10.2 Å². The quantitative estimate of drug-likeness (QED) is 0.663. The molecule has 1 fully saturated rings. The Morgan fingerprint density at radius 3 is 2.38 bits per heavy atom. The number of nitrogens with one attached hydrogen (secondary N) is 2. The number of likely N-dealkylation sites (tertiary alicyclic amines) is 1. The molecule has 0 aliphatic carbocycles. The van der Waals surface area contributed by atoms with Gasteiger partial charge in [-0.2, -0.15) is 0 Å². The molecule has 0 aromatic heterocycles. The van der Waals surface area contributed by atoms with Gasteiger partial charge in [0.15, 0.2) is 0 Å². The summed E-state index contributed by atoms with van der Waals surface area (Å²) in [4.78, 5) is 26.2. The van der Waals surface area contributed by atoms with E-state index < -0.39 is 0 Å². The first-order valence-electron chi connectivity index (χ1n) is 8.34. The molecule has 144 valence electrons. The molecule has 1 aliphatic rings. The number of carbonyl (C=O) groups excluding carboxylic acids is 2. The van der Waals surface area contributed by atoms with Crippen LogP contribution in [0.15, 0.2) is 6.07 Å². The van der Waals surface area contributed by atoms with Crippen LogP contribution in [0.1, 0.15) is 26.7 Å². The lowest BCUT2D eigenvalue weighted by Gasteiger charge is -2.33. The van der Waals surface area contributed by atoms with Gasteiger partial charge in [-0.3, -0.25) is 14.5 Å². The molecule has 1 aromatic carbocycles. The van der Waals surface area contributed by atoms with E-state index in [0.29, 0.717) is 6.54 Å². The number of piperidine rings is 1. The van der Waals surface area contributed by atoms with Crippen LogP contribution in [0, 0.1) is 5.92 Å². The highest BCUT2D eigenvalue weighted by Gasteiger charge is 2.24. The first kappa shape index (κ1) is 21.6. The average Bonchev–Trinajstić information content (AvgIpc) is 2.57. The largest absolute Gasteiger partial charge is 0.352 e. The maximum absolute atomic E-state index is 12.4. The Bertz CT molecular complexity index is 671. The third kappa shape index (κ3) is 5.64. The summed E-state index contributed by atoms with van der Waals surface area (Å²) >= 11 is 24.2. The fourth-order valence-corrected chi connectivity index (χ4v) is 3.65. The van der Waals surface area contributed by atoms with Crippen molar-refractivity contribution < 1.29 is 9.59 Å². The molecule has 1 heterocycles. The number of hydrogen-bond donors (Lipinski definition) is 2. The van der Waals surface area contributed by atoms with E-state index in [1.807, 2.05) is 18.7 Å². The van der Waals surface area contributed by atoms with E-state index in [-0.39, 0.29) is 56.1 Å². The predicted molar refractivity (Wildman–Crippen MR) is 108 cm³/mol. The van der Waals surface area contributed by atoms with Gasteiger partial charge in [-0.25, -0.2) is 0 Å². The zero-order valence-corrected chi connectivity index (χ0v) is 17.6. The summed E-state index contributed by atoms with van der Waals surface area (Å²) in [7, 11) is 0. The van der Waals surface area contributed by atoms with Crippen molar-refractivity contribution in [3.05, 3.63) is 26.2 Å². The number of carbonyl (C=O) groups is 2. The zero-order valence-electron chi connectivity index (χ0n) is 14.5. The molecule has 1 atom stereocenters. The molecule has 1 saturated heterocycles. The average molecular weight is 441 g/mol. The lowest BCUT2D eigenvalue weighted by atomic mass is 10.0. The molecule has 26 heavy (non-hydrogen) atoms. The second-order valence-corrected chi connectivity index (χ2v) is 8.20. The minimum Gasteiger partial charge on any atom is -0.352 e. The molecule has 1 aliphatic heterocycles. The molecule has 1 unspecified atom stereocenters. The van der Waals surface area contributed by atoms with Gasteiger partial charge in [0.2, 0.25) is 11.8 Å². The van der Waals surface area contributed by atoms with E-state index in [4.69, 9.17) is 46.4 Å². The molecule has 1 aromatic rings. The number of anilines is 1. The first-order valence-corrected chi connectivity index (χ1v) is 9.85. The Balaban J connectivity index is 1.97. The standard InChI is InChI=1S/C17H21Cl4N3O2/c1-9(2)17(26)22-10-4-3-5-24(7-10)8-13(25)23-16-14(20)11(18)6-12(19)15(16)21/h6,9-10H,3-5,7-8H2,1-2H3,(H,22,26)(H,23,25). The van der Waals surface area contributed by atoms with Crippen molar-refractivity contribution in [3.63, 3.8) is 0 Å². The number of nitrogens with zero attached hydrogens (tertiary/aromatic N) is 1. The van der Waals surface area contributed by atoms with Crippen molar-refractivity contribution >= 4 is 63.9 Å². The normalized spacial score (nSPS) is 18.0. The Morgan fingerprint density at radius 1 is 1.19 bits per heavy atom. The molecule has 0 radical (unpaired) electrons. The van der Waals surface area contributed by atoms with Gasteiger partial charge in [-0.1, -0.05) is 60.3 Å². The highest BCUT2D eigenvalue weighted by molar-refractivity contribution is 6.50. The SMILES string of the molecule is CC(C)C(=O)NC1CCCN(CC(=O)Nc2c(Cl)c(Cl)cc(Cl)c2Cl)C1. The van der Waals surface area contributed by atoms with Gasteiger partial charge >= 0.3 is 0 Å². The summed E-state index contributed by atoms with van der Waals surface area (Å²) in [5.41, 5.74) is 0.206. The van der Waals surface area contributed by atoms with Crippen molar-refractivity contribution in [3.8, 4) is 0 Å². The fourth-order valence-electron chi connectivity index (χ4n) is 2.75. The molecule has 2 rings (SSSR count). The zero-order chi connectivity index (χ0) is 19.4. The summed E-state index contributed by atoms with van der Waals surface area (Å²) in [6.07, 6.45) is 1.80. The lowest BCUT2D eigenvalue weighted by molar-refractivity contribution is -0.125. The summed E-state index contributed by atoms with van der Waals surface area (Å²) in [6.45, 7) is 5.26. The summed E-state index contributed by atoms with van der Waals surface area (Å²) < 4.78 is 0. The fraction of sp³-hybridized carbons (Fsp3) is 0.529. The number of halogens is 4. The van der Waals surface area contributed by atoms with Gasteiger partial charge in [0.05, 0.1) is 32.3 Å². The van der Waals surface area contributed by atoms with Crippen molar-refractivity contribution in [2.75, 3.05) is 25.0 Å². The second-order valence-electron chi connectivity index (χ2n) is 6.63. The molecular weight excluding hydrogens is 420 g/mol. The van der Waals surface area contributed by atoms with E-state index in [1.54, 1.807) is 0 Å². The lowest BCUT2D eigenvalue weighted by Crippen LogP contribution is -2.50. The van der Waals surface area contributed by atoms with E-state index >= 15 is 0 Å². The smallest absolute Gasteiger partial charge is 0.238 e. The van der Waals surface area contributed by atoms with Crippen LogP contribution in [0.25, 0.3) is 0 Å². The van der Waals surface area contributed by atoms with Gasteiger partial charge in [0.25, 0.3) is 0 Å². The summed E-state index contributed by atoms with van der Waals surface area (Å²) in [5.74, 6) is -0.318. The van der Waals surface area contributed by atoms with Gasteiger partial charge < -0.3 is 10.6 Å². The molecule has 0 spiro atoms. The number of amides is 2. The molecule has 0 saturated carbocycles. The van der Waals surface area contributed by atoms with E-state index in [1.165, 1.54) is 6.07 Å². The molecule has 2 N–H and O–H groups in total. The van der Waals surface area contributed by atoms with Crippen LogP contribution in [-0.2, 0) is 9.59 Å². The number of hydrogen-bond acceptors (Lipinski definition) is 3. The Kier molecular flexibility index (Phi) is 7.86. The third-order valence-corrected chi connectivity index (χ3v) is 5.69. The van der Waals surface area contributed by atoms with Crippen LogP contribution in [0.5, 0.6) is 0 Å². The van der Waals surface area contributed by atoms with E-state index in [2.05, 4.69) is 10.6 Å². The highest BCUT2D eigenvalue weighted by atomic mass is 35.5. The minimum atomic E-state index is -0.275. The third-order valence-electron chi connectivity index (χ3n) is 4.12. The van der Waals surface area contributed by atoms with E-state index in [0.717, 1.165) is 19.4 Å².